The van der Waals surface area contributed by atoms with Crippen LogP contribution in [-0.2, 0) is 11.2 Å². The molecule has 1 atom stereocenters. The molecule has 98 valence electrons. The zero-order valence-electron chi connectivity index (χ0n) is 10.6. The van der Waals surface area contributed by atoms with Crippen LogP contribution < -0.4 is 15.4 Å². The van der Waals surface area contributed by atoms with Gasteiger partial charge in [-0.1, -0.05) is 11.6 Å². The SMILES string of the molecule is COc1ccc2c(c1Cl)CC(N)CCN2C(C)=O. The Balaban J connectivity index is 2.55. The van der Waals surface area contributed by atoms with Crippen molar-refractivity contribution >= 4 is 23.2 Å². The van der Waals surface area contributed by atoms with Gasteiger partial charge < -0.3 is 15.4 Å². The van der Waals surface area contributed by atoms with Crippen molar-refractivity contribution in [2.45, 2.75) is 25.8 Å². The fraction of sp³-hybridized carbons (Fsp3) is 0.462. The number of nitrogens with two attached hydrogens (primary N) is 1. The lowest BCUT2D eigenvalue weighted by molar-refractivity contribution is -0.116. The van der Waals surface area contributed by atoms with Gasteiger partial charge in [0, 0.05) is 25.2 Å². The number of methoxy groups -OCH3 is 1. The summed E-state index contributed by atoms with van der Waals surface area (Å²) in [5.41, 5.74) is 7.78. The van der Waals surface area contributed by atoms with Gasteiger partial charge in [-0.25, -0.2) is 0 Å². The largest absolute Gasteiger partial charge is 0.495 e. The first-order valence-electron chi connectivity index (χ1n) is 5.93. The smallest absolute Gasteiger partial charge is 0.223 e. The molecule has 1 unspecified atom stereocenters. The third kappa shape index (κ3) is 2.31. The summed E-state index contributed by atoms with van der Waals surface area (Å²) in [6, 6.07) is 3.67. The minimum absolute atomic E-state index is 0.00610. The molecule has 1 aromatic rings. The van der Waals surface area contributed by atoms with Crippen molar-refractivity contribution in [1.29, 1.82) is 0 Å². The third-order valence-electron chi connectivity index (χ3n) is 3.26. The molecule has 5 heteroatoms. The van der Waals surface area contributed by atoms with E-state index in [0.29, 0.717) is 23.7 Å². The summed E-state index contributed by atoms with van der Waals surface area (Å²) in [6.07, 6.45) is 1.43. The Morgan fingerprint density at radius 1 is 1.56 bits per heavy atom. The number of benzene rings is 1. The van der Waals surface area contributed by atoms with Crippen molar-refractivity contribution in [3.63, 3.8) is 0 Å². The second kappa shape index (κ2) is 5.16. The number of hydrogen-bond donors (Lipinski definition) is 1. The molecule has 0 aromatic heterocycles. The molecule has 1 aliphatic heterocycles. The minimum Gasteiger partial charge on any atom is -0.495 e. The number of nitrogens with zero attached hydrogens (tertiary/aromatic N) is 1. The van der Waals surface area contributed by atoms with Crippen LogP contribution in [0.1, 0.15) is 18.9 Å². The van der Waals surface area contributed by atoms with Gasteiger partial charge in [-0.3, -0.25) is 4.79 Å². The molecule has 2 N–H and O–H groups in total. The first kappa shape index (κ1) is 13.2. The highest BCUT2D eigenvalue weighted by molar-refractivity contribution is 6.33. The number of ether oxygens (including phenoxy) is 1. The molecule has 0 saturated carbocycles. The molecule has 18 heavy (non-hydrogen) atoms. The first-order chi connectivity index (χ1) is 8.54. The average Bonchev–Trinajstić information content (AvgIpc) is 2.49. The Morgan fingerprint density at radius 2 is 2.28 bits per heavy atom. The summed E-state index contributed by atoms with van der Waals surface area (Å²) in [5, 5.41) is 0.554. The van der Waals surface area contributed by atoms with Crippen LogP contribution >= 0.6 is 11.6 Å². The maximum Gasteiger partial charge on any atom is 0.223 e. The van der Waals surface area contributed by atoms with Crippen molar-refractivity contribution in [2.75, 3.05) is 18.6 Å². The molecular formula is C13H17ClN2O2. The highest BCUT2D eigenvalue weighted by atomic mass is 35.5. The maximum absolute atomic E-state index is 11.7. The quantitative estimate of drug-likeness (QED) is 0.847. The highest BCUT2D eigenvalue weighted by Crippen LogP contribution is 2.37. The fourth-order valence-electron chi connectivity index (χ4n) is 2.30. The van der Waals surface area contributed by atoms with Gasteiger partial charge in [0.05, 0.1) is 12.1 Å². The normalized spacial score (nSPS) is 19.1. The van der Waals surface area contributed by atoms with E-state index < -0.39 is 0 Å². The molecule has 4 nitrogen and oxygen atoms in total. The Morgan fingerprint density at radius 3 is 2.89 bits per heavy atom. The molecule has 0 radical (unpaired) electrons. The lowest BCUT2D eigenvalue weighted by Gasteiger charge is -2.22. The summed E-state index contributed by atoms with van der Waals surface area (Å²) < 4.78 is 5.21. The van der Waals surface area contributed by atoms with Crippen LogP contribution in [0.15, 0.2) is 12.1 Å². The van der Waals surface area contributed by atoms with Crippen LogP contribution in [0.2, 0.25) is 5.02 Å². The van der Waals surface area contributed by atoms with Crippen molar-refractivity contribution in [2.24, 2.45) is 5.73 Å². The van der Waals surface area contributed by atoms with Gasteiger partial charge in [0.25, 0.3) is 0 Å². The van der Waals surface area contributed by atoms with Crippen LogP contribution in [0.4, 0.5) is 5.69 Å². The van der Waals surface area contributed by atoms with Crippen molar-refractivity contribution < 1.29 is 9.53 Å². The summed E-state index contributed by atoms with van der Waals surface area (Å²) in [4.78, 5) is 13.4. The van der Waals surface area contributed by atoms with E-state index in [-0.39, 0.29) is 11.9 Å². The zero-order valence-corrected chi connectivity index (χ0v) is 11.3. The molecule has 0 fully saturated rings. The summed E-state index contributed by atoms with van der Waals surface area (Å²) >= 11 is 6.32. The molecule has 1 heterocycles. The van der Waals surface area contributed by atoms with E-state index in [1.54, 1.807) is 25.0 Å². The second-order valence-corrected chi connectivity index (χ2v) is 4.88. The number of amides is 1. The van der Waals surface area contributed by atoms with E-state index in [1.807, 2.05) is 6.07 Å². The second-order valence-electron chi connectivity index (χ2n) is 4.50. The van der Waals surface area contributed by atoms with Crippen LogP contribution in [-0.4, -0.2) is 25.6 Å². The zero-order chi connectivity index (χ0) is 13.3. The number of hydrogen-bond acceptors (Lipinski definition) is 3. The minimum atomic E-state index is 0.00610. The molecule has 1 aliphatic rings. The molecule has 0 saturated heterocycles. The Kier molecular flexibility index (Phi) is 3.78. The Hall–Kier alpha value is -1.26. The lowest BCUT2D eigenvalue weighted by Crippen LogP contribution is -2.31. The first-order valence-corrected chi connectivity index (χ1v) is 6.31. The van der Waals surface area contributed by atoms with Gasteiger partial charge in [0.15, 0.2) is 0 Å². The number of carbonyl (C=O) groups is 1. The van der Waals surface area contributed by atoms with Gasteiger partial charge >= 0.3 is 0 Å². The summed E-state index contributed by atoms with van der Waals surface area (Å²) in [6.45, 7) is 2.19. The lowest BCUT2D eigenvalue weighted by atomic mass is 10.0. The summed E-state index contributed by atoms with van der Waals surface area (Å²) in [7, 11) is 1.58. The standard InChI is InChI=1S/C13H17ClN2O2/c1-8(17)16-6-5-9(15)7-10-11(16)3-4-12(18-2)13(10)14/h3-4,9H,5-7,15H2,1-2H3. The van der Waals surface area contributed by atoms with E-state index in [2.05, 4.69) is 0 Å². The van der Waals surface area contributed by atoms with E-state index >= 15 is 0 Å². The number of anilines is 1. The fourth-order valence-corrected chi connectivity index (χ4v) is 2.62. The average molecular weight is 269 g/mol. The summed E-state index contributed by atoms with van der Waals surface area (Å²) in [5.74, 6) is 0.625. The molecule has 1 aromatic carbocycles. The molecule has 0 aliphatic carbocycles. The van der Waals surface area contributed by atoms with Crippen LogP contribution in [0, 0.1) is 0 Å². The monoisotopic (exact) mass is 268 g/mol. The van der Waals surface area contributed by atoms with E-state index in [1.165, 1.54) is 0 Å². The predicted octanol–water partition coefficient (Wildman–Crippen LogP) is 1.97. The van der Waals surface area contributed by atoms with Gasteiger partial charge in [-0.15, -0.1) is 0 Å². The van der Waals surface area contributed by atoms with E-state index in [4.69, 9.17) is 22.1 Å². The van der Waals surface area contributed by atoms with Crippen molar-refractivity contribution in [1.82, 2.24) is 0 Å². The van der Waals surface area contributed by atoms with Crippen molar-refractivity contribution in [3.8, 4) is 5.75 Å². The number of halogens is 1. The molecular weight excluding hydrogens is 252 g/mol. The van der Waals surface area contributed by atoms with E-state index in [0.717, 1.165) is 17.7 Å². The van der Waals surface area contributed by atoms with E-state index in [9.17, 15) is 4.79 Å². The molecule has 0 bridgehead atoms. The topological polar surface area (TPSA) is 55.6 Å². The van der Waals surface area contributed by atoms with Gasteiger partial charge in [0.1, 0.15) is 5.75 Å². The molecule has 1 amide bonds. The van der Waals surface area contributed by atoms with Gasteiger partial charge in [-0.05, 0) is 30.5 Å². The van der Waals surface area contributed by atoms with Crippen LogP contribution in [0.25, 0.3) is 0 Å². The number of rotatable bonds is 1. The Labute approximate surface area is 112 Å². The Bertz CT molecular complexity index is 476. The molecule has 0 spiro atoms. The maximum atomic E-state index is 11.7. The number of carbonyl (C=O) groups excluding carboxylic acids is 1. The van der Waals surface area contributed by atoms with Gasteiger partial charge in [0.2, 0.25) is 5.91 Å². The van der Waals surface area contributed by atoms with Crippen molar-refractivity contribution in [3.05, 3.63) is 22.7 Å². The third-order valence-corrected chi connectivity index (χ3v) is 3.68. The number of fused-ring (bicyclic) bond motifs is 1. The van der Waals surface area contributed by atoms with Gasteiger partial charge in [-0.2, -0.15) is 0 Å². The predicted molar refractivity (Wildman–Crippen MR) is 72.3 cm³/mol. The highest BCUT2D eigenvalue weighted by Gasteiger charge is 2.25. The van der Waals surface area contributed by atoms with Crippen LogP contribution in [0.3, 0.4) is 0 Å². The van der Waals surface area contributed by atoms with Crippen LogP contribution in [0.5, 0.6) is 5.75 Å². The molecule has 2 rings (SSSR count).